The molecule has 0 aromatic heterocycles. The first-order valence-corrected chi connectivity index (χ1v) is 5.62. The fourth-order valence-electron chi connectivity index (χ4n) is 1.36. The van der Waals surface area contributed by atoms with Crippen LogP contribution in [0.2, 0.25) is 0 Å². The van der Waals surface area contributed by atoms with Crippen molar-refractivity contribution >= 4 is 11.9 Å². The summed E-state index contributed by atoms with van der Waals surface area (Å²) in [5.74, 6) is -0.727. The van der Waals surface area contributed by atoms with Gasteiger partial charge in [-0.3, -0.25) is 4.79 Å². The van der Waals surface area contributed by atoms with E-state index in [0.717, 1.165) is 25.7 Å². The average molecular weight is 225 g/mol. The second-order valence-electron chi connectivity index (χ2n) is 5.05. The molecule has 4 heteroatoms. The first kappa shape index (κ1) is 12.7. The van der Waals surface area contributed by atoms with Crippen molar-refractivity contribution in [2.45, 2.75) is 46.5 Å². The number of hydroxylamine groups is 1. The van der Waals surface area contributed by atoms with Crippen LogP contribution in [0.4, 0.5) is 0 Å². The van der Waals surface area contributed by atoms with Gasteiger partial charge in [-0.05, 0) is 46.5 Å². The smallest absolute Gasteiger partial charge is 0.337 e. The van der Waals surface area contributed by atoms with E-state index in [-0.39, 0.29) is 5.91 Å². The molecule has 1 rings (SSSR count). The molecule has 0 atom stereocenters. The van der Waals surface area contributed by atoms with Crippen LogP contribution in [0.15, 0.2) is 11.6 Å². The summed E-state index contributed by atoms with van der Waals surface area (Å²) >= 11 is 0. The van der Waals surface area contributed by atoms with E-state index in [4.69, 9.17) is 4.84 Å². The highest BCUT2D eigenvalue weighted by molar-refractivity contribution is 5.93. The zero-order valence-corrected chi connectivity index (χ0v) is 10.1. The third kappa shape index (κ3) is 3.68. The Kier molecular flexibility index (Phi) is 4.10. The fraction of sp³-hybridized carbons (Fsp3) is 0.667. The minimum absolute atomic E-state index is 0.294. The van der Waals surface area contributed by atoms with Crippen molar-refractivity contribution in [3.63, 3.8) is 0 Å². The van der Waals surface area contributed by atoms with Crippen molar-refractivity contribution in [2.75, 3.05) is 0 Å². The van der Waals surface area contributed by atoms with Crippen molar-refractivity contribution in [2.24, 2.45) is 5.41 Å². The van der Waals surface area contributed by atoms with Crippen LogP contribution in [-0.4, -0.2) is 11.9 Å². The minimum atomic E-state index is -0.603. The number of nitrogens with one attached hydrogen (secondary N) is 1. The van der Waals surface area contributed by atoms with Crippen LogP contribution in [-0.2, 0) is 14.4 Å². The van der Waals surface area contributed by atoms with E-state index in [1.807, 2.05) is 6.08 Å². The topological polar surface area (TPSA) is 55.4 Å². The zero-order valence-electron chi connectivity index (χ0n) is 10.1. The molecule has 0 aromatic rings. The predicted molar refractivity (Wildman–Crippen MR) is 60.2 cm³/mol. The van der Waals surface area contributed by atoms with Crippen LogP contribution < -0.4 is 5.48 Å². The molecule has 0 unspecified atom stereocenters. The third-order valence-electron chi connectivity index (χ3n) is 2.43. The maximum absolute atomic E-state index is 11.6. The molecule has 1 N–H and O–H groups in total. The van der Waals surface area contributed by atoms with Crippen LogP contribution >= 0.6 is 0 Å². The normalized spacial score (nSPS) is 16.3. The minimum Gasteiger partial charge on any atom is -0.340 e. The Morgan fingerprint density at radius 1 is 1.31 bits per heavy atom. The van der Waals surface area contributed by atoms with Gasteiger partial charge in [0.1, 0.15) is 0 Å². The van der Waals surface area contributed by atoms with Crippen molar-refractivity contribution in [3.05, 3.63) is 11.6 Å². The maximum atomic E-state index is 11.6. The number of rotatable bonds is 1. The first-order chi connectivity index (χ1) is 7.41. The van der Waals surface area contributed by atoms with Gasteiger partial charge in [-0.1, -0.05) is 6.08 Å². The molecule has 1 aliphatic rings. The summed E-state index contributed by atoms with van der Waals surface area (Å²) in [7, 11) is 0. The van der Waals surface area contributed by atoms with Crippen molar-refractivity contribution in [1.82, 2.24) is 5.48 Å². The summed E-state index contributed by atoms with van der Waals surface area (Å²) in [6, 6.07) is 0. The van der Waals surface area contributed by atoms with E-state index in [1.165, 1.54) is 0 Å². The van der Waals surface area contributed by atoms with Crippen molar-refractivity contribution < 1.29 is 14.4 Å². The Balaban J connectivity index is 2.41. The molecule has 4 nitrogen and oxygen atoms in total. The lowest BCUT2D eigenvalue weighted by molar-refractivity contribution is -0.165. The lowest BCUT2D eigenvalue weighted by Gasteiger charge is -2.17. The number of carbonyl (C=O) groups excluding carboxylic acids is 2. The second-order valence-corrected chi connectivity index (χ2v) is 5.05. The summed E-state index contributed by atoms with van der Waals surface area (Å²) in [6.45, 7) is 5.21. The van der Waals surface area contributed by atoms with E-state index in [1.54, 1.807) is 20.8 Å². The van der Waals surface area contributed by atoms with E-state index >= 15 is 0 Å². The highest BCUT2D eigenvalue weighted by Crippen LogP contribution is 2.18. The Bertz CT molecular complexity index is 313. The van der Waals surface area contributed by atoms with E-state index in [9.17, 15) is 9.59 Å². The van der Waals surface area contributed by atoms with Gasteiger partial charge in [-0.15, -0.1) is 0 Å². The van der Waals surface area contributed by atoms with Crippen LogP contribution in [0, 0.1) is 5.41 Å². The zero-order chi connectivity index (χ0) is 12.2. The molecule has 0 aliphatic heterocycles. The molecule has 16 heavy (non-hydrogen) atoms. The van der Waals surface area contributed by atoms with Crippen LogP contribution in [0.3, 0.4) is 0 Å². The summed E-state index contributed by atoms with van der Waals surface area (Å²) in [4.78, 5) is 27.7. The Hall–Kier alpha value is -1.32. The molecule has 0 radical (unpaired) electrons. The SMILES string of the molecule is CC(C)(C)C(=O)ONC(=O)C1=CCCCC1. The quantitative estimate of drug-likeness (QED) is 0.695. The van der Waals surface area contributed by atoms with Crippen LogP contribution in [0.5, 0.6) is 0 Å². The molecular formula is C12H19NO3. The molecule has 0 heterocycles. The van der Waals surface area contributed by atoms with Crippen LogP contribution in [0.25, 0.3) is 0 Å². The Labute approximate surface area is 96.0 Å². The van der Waals surface area contributed by atoms with Crippen molar-refractivity contribution in [1.29, 1.82) is 0 Å². The van der Waals surface area contributed by atoms with Gasteiger partial charge >= 0.3 is 5.97 Å². The summed E-state index contributed by atoms with van der Waals surface area (Å²) in [5, 5.41) is 0. The fourth-order valence-corrected chi connectivity index (χ4v) is 1.36. The summed E-state index contributed by atoms with van der Waals surface area (Å²) < 4.78 is 0. The molecule has 0 bridgehead atoms. The largest absolute Gasteiger partial charge is 0.340 e. The number of allylic oxidation sites excluding steroid dienone is 1. The molecule has 0 fully saturated rings. The van der Waals surface area contributed by atoms with Gasteiger partial charge in [0.25, 0.3) is 5.91 Å². The Morgan fingerprint density at radius 2 is 2.00 bits per heavy atom. The first-order valence-electron chi connectivity index (χ1n) is 5.62. The number of amides is 1. The molecule has 0 saturated heterocycles. The highest BCUT2D eigenvalue weighted by atomic mass is 16.7. The average Bonchev–Trinajstić information content (AvgIpc) is 2.25. The molecule has 0 aromatic carbocycles. The lowest BCUT2D eigenvalue weighted by Crippen LogP contribution is -2.34. The molecule has 0 saturated carbocycles. The standard InChI is InChI=1S/C12H19NO3/c1-12(2,3)11(15)16-13-10(14)9-7-5-4-6-8-9/h7H,4-6,8H2,1-3H3,(H,13,14). The highest BCUT2D eigenvalue weighted by Gasteiger charge is 2.24. The van der Waals surface area contributed by atoms with E-state index in [2.05, 4.69) is 5.48 Å². The predicted octanol–water partition coefficient (Wildman–Crippen LogP) is 2.11. The van der Waals surface area contributed by atoms with Gasteiger partial charge in [0.05, 0.1) is 5.41 Å². The third-order valence-corrected chi connectivity index (χ3v) is 2.43. The number of hydrogen-bond donors (Lipinski definition) is 1. The maximum Gasteiger partial charge on any atom is 0.337 e. The Morgan fingerprint density at radius 3 is 2.50 bits per heavy atom. The van der Waals surface area contributed by atoms with E-state index < -0.39 is 11.4 Å². The van der Waals surface area contributed by atoms with Gasteiger partial charge in [-0.2, -0.15) is 5.48 Å². The van der Waals surface area contributed by atoms with Gasteiger partial charge in [0, 0.05) is 5.57 Å². The lowest BCUT2D eigenvalue weighted by atomic mass is 9.98. The van der Waals surface area contributed by atoms with Gasteiger partial charge < -0.3 is 4.84 Å². The van der Waals surface area contributed by atoms with Gasteiger partial charge in [-0.25, -0.2) is 4.79 Å². The van der Waals surface area contributed by atoms with Gasteiger partial charge in [0.15, 0.2) is 0 Å². The molecule has 1 amide bonds. The number of hydrogen-bond acceptors (Lipinski definition) is 3. The van der Waals surface area contributed by atoms with E-state index in [0.29, 0.717) is 5.57 Å². The molecular weight excluding hydrogens is 206 g/mol. The number of carbonyl (C=O) groups is 2. The molecule has 0 spiro atoms. The monoisotopic (exact) mass is 225 g/mol. The molecule has 1 aliphatic carbocycles. The van der Waals surface area contributed by atoms with Crippen molar-refractivity contribution in [3.8, 4) is 0 Å². The van der Waals surface area contributed by atoms with Crippen LogP contribution in [0.1, 0.15) is 46.5 Å². The molecule has 90 valence electrons. The second kappa shape index (κ2) is 5.14. The summed E-state index contributed by atoms with van der Waals surface area (Å²) in [6.07, 6.45) is 5.74. The summed E-state index contributed by atoms with van der Waals surface area (Å²) in [5.41, 5.74) is 2.31. The van der Waals surface area contributed by atoms with Gasteiger partial charge in [0.2, 0.25) is 0 Å².